The number of hydrogen-bond donors (Lipinski definition) is 2. The molecule has 0 aliphatic carbocycles. The number of rotatable bonds is 3. The Labute approximate surface area is 127 Å². The molecule has 1 amide bonds. The van der Waals surface area contributed by atoms with E-state index in [4.69, 9.17) is 5.73 Å². The first kappa shape index (κ1) is 13.8. The fourth-order valence-corrected chi connectivity index (χ4v) is 2.19. The Balaban J connectivity index is 2.01. The van der Waals surface area contributed by atoms with E-state index in [-0.39, 0.29) is 11.9 Å². The molecular weight excluding hydrogens is 276 g/mol. The molecule has 0 unspecified atom stereocenters. The number of nitrogens with one attached hydrogen (secondary N) is 1. The Bertz CT molecular complexity index is 873. The molecule has 3 rings (SSSR count). The highest BCUT2D eigenvalue weighted by Gasteiger charge is 2.04. The van der Waals surface area contributed by atoms with E-state index in [0.29, 0.717) is 5.69 Å². The molecule has 0 spiro atoms. The van der Waals surface area contributed by atoms with Gasteiger partial charge in [-0.05, 0) is 35.4 Å². The molecule has 0 aliphatic heterocycles. The van der Waals surface area contributed by atoms with Crippen LogP contribution < -0.4 is 11.1 Å². The van der Waals surface area contributed by atoms with Crippen LogP contribution in [-0.2, 0) is 4.79 Å². The molecule has 1 heterocycles. The van der Waals surface area contributed by atoms with Gasteiger partial charge in [-0.15, -0.1) is 0 Å². The molecule has 0 bridgehead atoms. The third kappa shape index (κ3) is 2.78. The van der Waals surface area contributed by atoms with Crippen molar-refractivity contribution in [2.45, 2.75) is 0 Å². The second-order valence-corrected chi connectivity index (χ2v) is 4.78. The number of nitrogens with two attached hydrogens (primary N) is 1. The standard InChI is InChI=1S/C17H14N4O/c1-2-16(22)20-14-5-3-4-11(8-14)12-6-7-13-10-19-17(18)21-15(13)9-12/h2-10H,1H2,(H,20,22)(H2,18,19,21). The number of fused-ring (bicyclic) bond motifs is 1. The Kier molecular flexibility index (Phi) is 3.53. The molecular formula is C17H14N4O. The number of amides is 1. The van der Waals surface area contributed by atoms with Crippen molar-refractivity contribution in [2.24, 2.45) is 0 Å². The van der Waals surface area contributed by atoms with E-state index in [1.165, 1.54) is 6.08 Å². The molecule has 108 valence electrons. The molecule has 3 aromatic rings. The van der Waals surface area contributed by atoms with Crippen molar-refractivity contribution in [2.75, 3.05) is 11.1 Å². The van der Waals surface area contributed by atoms with Crippen molar-refractivity contribution in [1.82, 2.24) is 9.97 Å². The lowest BCUT2D eigenvalue weighted by Gasteiger charge is -2.07. The highest BCUT2D eigenvalue weighted by Crippen LogP contribution is 2.25. The Hall–Kier alpha value is -3.21. The number of anilines is 2. The smallest absolute Gasteiger partial charge is 0.247 e. The molecule has 22 heavy (non-hydrogen) atoms. The summed E-state index contributed by atoms with van der Waals surface area (Å²) in [5, 5.41) is 3.67. The van der Waals surface area contributed by atoms with Gasteiger partial charge in [-0.3, -0.25) is 4.79 Å². The second-order valence-electron chi connectivity index (χ2n) is 4.78. The van der Waals surface area contributed by atoms with Crippen LogP contribution in [0.5, 0.6) is 0 Å². The molecule has 0 saturated carbocycles. The molecule has 0 aliphatic rings. The zero-order valence-electron chi connectivity index (χ0n) is 11.8. The van der Waals surface area contributed by atoms with Crippen molar-refractivity contribution in [3.8, 4) is 11.1 Å². The van der Waals surface area contributed by atoms with E-state index < -0.39 is 0 Å². The van der Waals surface area contributed by atoms with Gasteiger partial charge in [0.1, 0.15) is 0 Å². The summed E-state index contributed by atoms with van der Waals surface area (Å²) in [4.78, 5) is 19.6. The van der Waals surface area contributed by atoms with E-state index in [1.807, 2.05) is 42.5 Å². The zero-order chi connectivity index (χ0) is 15.5. The van der Waals surface area contributed by atoms with E-state index in [9.17, 15) is 4.79 Å². The van der Waals surface area contributed by atoms with Gasteiger partial charge in [0, 0.05) is 17.3 Å². The van der Waals surface area contributed by atoms with Crippen molar-refractivity contribution in [3.63, 3.8) is 0 Å². The fourth-order valence-electron chi connectivity index (χ4n) is 2.19. The van der Waals surface area contributed by atoms with Crippen molar-refractivity contribution in [3.05, 3.63) is 61.3 Å². The van der Waals surface area contributed by atoms with Gasteiger partial charge >= 0.3 is 0 Å². The second kappa shape index (κ2) is 5.65. The molecule has 0 saturated heterocycles. The van der Waals surface area contributed by atoms with Crippen LogP contribution in [0.15, 0.2) is 61.3 Å². The van der Waals surface area contributed by atoms with Gasteiger partial charge in [0.2, 0.25) is 11.9 Å². The van der Waals surface area contributed by atoms with Crippen LogP contribution in [0.1, 0.15) is 0 Å². The van der Waals surface area contributed by atoms with Crippen molar-refractivity contribution in [1.29, 1.82) is 0 Å². The summed E-state index contributed by atoms with van der Waals surface area (Å²) >= 11 is 0. The topological polar surface area (TPSA) is 80.9 Å². The maximum atomic E-state index is 11.4. The number of carbonyl (C=O) groups excluding carboxylic acids is 1. The lowest BCUT2D eigenvalue weighted by Crippen LogP contribution is -2.06. The molecule has 2 aromatic carbocycles. The lowest BCUT2D eigenvalue weighted by molar-refractivity contribution is -0.111. The zero-order valence-corrected chi connectivity index (χ0v) is 11.8. The number of aromatic nitrogens is 2. The molecule has 0 fully saturated rings. The average molecular weight is 290 g/mol. The number of benzene rings is 2. The minimum absolute atomic E-state index is 0.240. The number of nitrogen functional groups attached to an aromatic ring is 1. The summed E-state index contributed by atoms with van der Waals surface area (Å²) in [7, 11) is 0. The Morgan fingerprint density at radius 3 is 2.82 bits per heavy atom. The predicted octanol–water partition coefficient (Wildman–Crippen LogP) is 3.00. The Morgan fingerprint density at radius 1 is 1.18 bits per heavy atom. The number of hydrogen-bond acceptors (Lipinski definition) is 4. The monoisotopic (exact) mass is 290 g/mol. The van der Waals surface area contributed by atoms with Crippen molar-refractivity contribution < 1.29 is 4.79 Å². The largest absolute Gasteiger partial charge is 0.368 e. The van der Waals surface area contributed by atoms with Gasteiger partial charge in [-0.2, -0.15) is 0 Å². The molecule has 0 radical (unpaired) electrons. The predicted molar refractivity (Wildman–Crippen MR) is 88.2 cm³/mol. The summed E-state index contributed by atoms with van der Waals surface area (Å²) in [5.74, 6) is 0.00724. The van der Waals surface area contributed by atoms with Gasteiger partial charge in [0.05, 0.1) is 5.52 Å². The van der Waals surface area contributed by atoms with Crippen LogP contribution in [0.2, 0.25) is 0 Å². The number of carbonyl (C=O) groups is 1. The third-order valence-electron chi connectivity index (χ3n) is 3.25. The minimum Gasteiger partial charge on any atom is -0.368 e. The maximum Gasteiger partial charge on any atom is 0.247 e. The first-order valence-electron chi connectivity index (χ1n) is 6.72. The average Bonchev–Trinajstić information content (AvgIpc) is 2.54. The minimum atomic E-state index is -0.240. The van der Waals surface area contributed by atoms with Crippen molar-refractivity contribution >= 4 is 28.4 Å². The summed E-state index contributed by atoms with van der Waals surface area (Å²) in [5.41, 5.74) is 9.08. The van der Waals surface area contributed by atoms with Gasteiger partial charge < -0.3 is 11.1 Å². The summed E-state index contributed by atoms with van der Waals surface area (Å²) in [6, 6.07) is 13.4. The fraction of sp³-hybridized carbons (Fsp3) is 0. The first-order chi connectivity index (χ1) is 10.7. The van der Waals surface area contributed by atoms with Crippen LogP contribution in [0.25, 0.3) is 22.0 Å². The maximum absolute atomic E-state index is 11.4. The van der Waals surface area contributed by atoms with Crippen LogP contribution in [0.4, 0.5) is 11.6 Å². The first-order valence-corrected chi connectivity index (χ1v) is 6.72. The van der Waals surface area contributed by atoms with E-state index in [0.717, 1.165) is 22.0 Å². The van der Waals surface area contributed by atoms with E-state index in [1.54, 1.807) is 6.20 Å². The van der Waals surface area contributed by atoms with Gasteiger partial charge in [-0.25, -0.2) is 9.97 Å². The van der Waals surface area contributed by atoms with Crippen LogP contribution in [0, 0.1) is 0 Å². The molecule has 1 aromatic heterocycles. The molecule has 0 atom stereocenters. The van der Waals surface area contributed by atoms with Gasteiger partial charge in [-0.1, -0.05) is 30.8 Å². The normalized spacial score (nSPS) is 10.4. The molecule has 5 heteroatoms. The lowest BCUT2D eigenvalue weighted by atomic mass is 10.0. The number of nitrogens with zero attached hydrogens (tertiary/aromatic N) is 2. The van der Waals surface area contributed by atoms with Crippen LogP contribution in [-0.4, -0.2) is 15.9 Å². The highest BCUT2D eigenvalue weighted by molar-refractivity contribution is 5.99. The quantitative estimate of drug-likeness (QED) is 0.727. The molecule has 5 nitrogen and oxygen atoms in total. The van der Waals surface area contributed by atoms with Gasteiger partial charge in [0.15, 0.2) is 0 Å². The van der Waals surface area contributed by atoms with E-state index in [2.05, 4.69) is 21.9 Å². The SMILES string of the molecule is C=CC(=O)Nc1cccc(-c2ccc3cnc(N)nc3c2)c1. The van der Waals surface area contributed by atoms with Crippen LogP contribution >= 0.6 is 0 Å². The van der Waals surface area contributed by atoms with E-state index >= 15 is 0 Å². The summed E-state index contributed by atoms with van der Waals surface area (Å²) in [6.45, 7) is 3.44. The highest BCUT2D eigenvalue weighted by atomic mass is 16.1. The van der Waals surface area contributed by atoms with Gasteiger partial charge in [0.25, 0.3) is 0 Å². The summed E-state index contributed by atoms with van der Waals surface area (Å²) < 4.78 is 0. The Morgan fingerprint density at radius 2 is 2.00 bits per heavy atom. The molecule has 3 N–H and O–H groups in total. The van der Waals surface area contributed by atoms with Crippen LogP contribution in [0.3, 0.4) is 0 Å². The summed E-state index contributed by atoms with van der Waals surface area (Å²) in [6.07, 6.45) is 2.94. The third-order valence-corrected chi connectivity index (χ3v) is 3.25.